The van der Waals surface area contributed by atoms with Crippen LogP contribution in [0.3, 0.4) is 0 Å². The molecule has 0 radical (unpaired) electrons. The quantitative estimate of drug-likeness (QED) is 0.778. The minimum Gasteiger partial charge on any atom is -0.508 e. The van der Waals surface area contributed by atoms with Crippen molar-refractivity contribution in [1.82, 2.24) is 5.32 Å². The van der Waals surface area contributed by atoms with Gasteiger partial charge in [0.2, 0.25) is 0 Å². The smallest absolute Gasteiger partial charge is 0.119 e. The molecule has 2 heteroatoms. The highest BCUT2D eigenvalue weighted by atomic mass is 16.3. The summed E-state index contributed by atoms with van der Waals surface area (Å²) in [6.07, 6.45) is 3.35. The molecule has 1 unspecified atom stereocenters. The number of hydrogen-bond donors (Lipinski definition) is 2. The van der Waals surface area contributed by atoms with Crippen LogP contribution in [0.2, 0.25) is 0 Å². The van der Waals surface area contributed by atoms with Gasteiger partial charge in [-0.25, -0.2) is 0 Å². The van der Waals surface area contributed by atoms with E-state index in [0.29, 0.717) is 17.8 Å². The maximum atomic E-state index is 9.78. The van der Waals surface area contributed by atoms with Gasteiger partial charge in [-0.2, -0.15) is 0 Å². The SMILES string of the molecule is CC(C)NC1CCCc2c(O)cccc21. The molecule has 1 aromatic carbocycles. The highest BCUT2D eigenvalue weighted by Crippen LogP contribution is 2.34. The van der Waals surface area contributed by atoms with Crippen LogP contribution in [0.25, 0.3) is 0 Å². The van der Waals surface area contributed by atoms with Gasteiger partial charge >= 0.3 is 0 Å². The number of nitrogens with one attached hydrogen (secondary N) is 1. The molecule has 0 aromatic heterocycles. The summed E-state index contributed by atoms with van der Waals surface area (Å²) in [5.74, 6) is 0.461. The molecule has 0 amide bonds. The van der Waals surface area contributed by atoms with Crippen molar-refractivity contribution in [2.75, 3.05) is 0 Å². The molecule has 1 aliphatic carbocycles. The number of hydrogen-bond acceptors (Lipinski definition) is 2. The maximum Gasteiger partial charge on any atom is 0.119 e. The molecule has 0 heterocycles. The van der Waals surface area contributed by atoms with Crippen molar-refractivity contribution in [2.45, 2.75) is 45.2 Å². The van der Waals surface area contributed by atoms with Gasteiger partial charge in [0, 0.05) is 12.1 Å². The third-order valence-electron chi connectivity index (χ3n) is 3.02. The Balaban J connectivity index is 2.30. The van der Waals surface area contributed by atoms with E-state index < -0.39 is 0 Å². The molecule has 2 rings (SSSR count). The zero-order valence-corrected chi connectivity index (χ0v) is 9.46. The van der Waals surface area contributed by atoms with Crippen molar-refractivity contribution in [3.8, 4) is 5.75 Å². The predicted molar refractivity (Wildman–Crippen MR) is 62.1 cm³/mol. The largest absolute Gasteiger partial charge is 0.508 e. The van der Waals surface area contributed by atoms with Gasteiger partial charge in [0.25, 0.3) is 0 Å². The first-order valence-electron chi connectivity index (χ1n) is 5.75. The van der Waals surface area contributed by atoms with Crippen LogP contribution in [0, 0.1) is 0 Å². The van der Waals surface area contributed by atoms with Gasteiger partial charge in [0.05, 0.1) is 0 Å². The van der Waals surface area contributed by atoms with Crippen LogP contribution in [0.1, 0.15) is 43.9 Å². The van der Waals surface area contributed by atoms with Crippen molar-refractivity contribution < 1.29 is 5.11 Å². The van der Waals surface area contributed by atoms with E-state index in [9.17, 15) is 5.11 Å². The number of phenols is 1. The second-order valence-electron chi connectivity index (χ2n) is 4.61. The Labute approximate surface area is 91.3 Å². The number of aromatic hydroxyl groups is 1. The number of phenolic OH excluding ortho intramolecular Hbond substituents is 1. The third-order valence-corrected chi connectivity index (χ3v) is 3.02. The standard InChI is InChI=1S/C13H19NO/c1-9(2)14-12-7-3-6-11-10(12)5-4-8-13(11)15/h4-5,8-9,12,14-15H,3,6-7H2,1-2H3. The second kappa shape index (κ2) is 4.23. The van der Waals surface area contributed by atoms with Gasteiger partial charge in [0.15, 0.2) is 0 Å². The monoisotopic (exact) mass is 205 g/mol. The van der Waals surface area contributed by atoms with Crippen molar-refractivity contribution >= 4 is 0 Å². The van der Waals surface area contributed by atoms with Crippen LogP contribution < -0.4 is 5.32 Å². The second-order valence-corrected chi connectivity index (χ2v) is 4.61. The van der Waals surface area contributed by atoms with Crippen LogP contribution in [0.4, 0.5) is 0 Å². The summed E-state index contributed by atoms with van der Waals surface area (Å²) in [6.45, 7) is 4.33. The van der Waals surface area contributed by atoms with E-state index in [-0.39, 0.29) is 0 Å². The van der Waals surface area contributed by atoms with Gasteiger partial charge in [-0.3, -0.25) is 0 Å². The van der Waals surface area contributed by atoms with Gasteiger partial charge in [-0.1, -0.05) is 26.0 Å². The Morgan fingerprint density at radius 1 is 1.40 bits per heavy atom. The average molecular weight is 205 g/mol. The summed E-state index contributed by atoms with van der Waals surface area (Å²) in [5, 5.41) is 13.3. The van der Waals surface area contributed by atoms with E-state index in [0.717, 1.165) is 18.4 Å². The summed E-state index contributed by atoms with van der Waals surface area (Å²) < 4.78 is 0. The molecule has 2 N–H and O–H groups in total. The summed E-state index contributed by atoms with van der Waals surface area (Å²) in [4.78, 5) is 0. The minimum absolute atomic E-state index is 0.417. The van der Waals surface area contributed by atoms with E-state index in [1.165, 1.54) is 12.0 Å². The highest BCUT2D eigenvalue weighted by molar-refractivity contribution is 5.42. The molecule has 1 aliphatic rings. The molecule has 1 atom stereocenters. The average Bonchev–Trinajstić information content (AvgIpc) is 2.19. The maximum absolute atomic E-state index is 9.78. The van der Waals surface area contributed by atoms with Crippen LogP contribution in [0.15, 0.2) is 18.2 Å². The van der Waals surface area contributed by atoms with Crippen LogP contribution in [-0.4, -0.2) is 11.1 Å². The molecule has 1 aromatic rings. The summed E-state index contributed by atoms with van der Waals surface area (Å²) in [7, 11) is 0. The van der Waals surface area contributed by atoms with E-state index in [4.69, 9.17) is 0 Å². The number of rotatable bonds is 2. The van der Waals surface area contributed by atoms with Crippen LogP contribution >= 0.6 is 0 Å². The lowest BCUT2D eigenvalue weighted by molar-refractivity contribution is 0.408. The van der Waals surface area contributed by atoms with E-state index >= 15 is 0 Å². The normalized spacial score (nSPS) is 20.3. The van der Waals surface area contributed by atoms with Gasteiger partial charge in [-0.15, -0.1) is 0 Å². The zero-order valence-electron chi connectivity index (χ0n) is 9.46. The topological polar surface area (TPSA) is 32.3 Å². The van der Waals surface area contributed by atoms with Crippen LogP contribution in [0.5, 0.6) is 5.75 Å². The molecule has 82 valence electrons. The van der Waals surface area contributed by atoms with E-state index in [1.807, 2.05) is 6.07 Å². The molecular weight excluding hydrogens is 186 g/mol. The first-order valence-corrected chi connectivity index (χ1v) is 5.75. The Bertz CT molecular complexity index is 346. The zero-order chi connectivity index (χ0) is 10.8. The lowest BCUT2D eigenvalue weighted by Gasteiger charge is -2.28. The highest BCUT2D eigenvalue weighted by Gasteiger charge is 2.22. The third kappa shape index (κ3) is 2.15. The van der Waals surface area contributed by atoms with Gasteiger partial charge in [0.1, 0.15) is 5.75 Å². The Hall–Kier alpha value is -1.02. The molecule has 15 heavy (non-hydrogen) atoms. The first-order chi connectivity index (χ1) is 7.18. The number of benzene rings is 1. The van der Waals surface area contributed by atoms with Gasteiger partial charge in [-0.05, 0) is 36.5 Å². The van der Waals surface area contributed by atoms with E-state index in [1.54, 1.807) is 6.07 Å². The fourth-order valence-electron chi connectivity index (χ4n) is 2.40. The fraction of sp³-hybridized carbons (Fsp3) is 0.538. The Morgan fingerprint density at radius 3 is 2.93 bits per heavy atom. The predicted octanol–water partition coefficient (Wildman–Crippen LogP) is 2.77. The molecule has 0 aliphatic heterocycles. The van der Waals surface area contributed by atoms with E-state index in [2.05, 4.69) is 25.2 Å². The summed E-state index contributed by atoms with van der Waals surface area (Å²) >= 11 is 0. The molecule has 0 bridgehead atoms. The van der Waals surface area contributed by atoms with Crippen molar-refractivity contribution in [1.29, 1.82) is 0 Å². The minimum atomic E-state index is 0.417. The summed E-state index contributed by atoms with van der Waals surface area (Å²) in [6, 6.07) is 6.77. The molecular formula is C13H19NO. The van der Waals surface area contributed by atoms with Crippen molar-refractivity contribution in [3.05, 3.63) is 29.3 Å². The fourth-order valence-corrected chi connectivity index (χ4v) is 2.40. The van der Waals surface area contributed by atoms with Crippen molar-refractivity contribution in [2.24, 2.45) is 0 Å². The van der Waals surface area contributed by atoms with Crippen molar-refractivity contribution in [3.63, 3.8) is 0 Å². The lowest BCUT2D eigenvalue weighted by Crippen LogP contribution is -2.30. The Morgan fingerprint density at radius 2 is 2.20 bits per heavy atom. The van der Waals surface area contributed by atoms with Crippen LogP contribution in [-0.2, 0) is 6.42 Å². The molecule has 0 saturated carbocycles. The Kier molecular flexibility index (Phi) is 2.96. The summed E-state index contributed by atoms with van der Waals surface area (Å²) in [5.41, 5.74) is 2.43. The molecule has 2 nitrogen and oxygen atoms in total. The lowest BCUT2D eigenvalue weighted by atomic mass is 9.87. The molecule has 0 saturated heterocycles. The number of fused-ring (bicyclic) bond motifs is 1. The first kappa shape index (κ1) is 10.5. The van der Waals surface area contributed by atoms with Gasteiger partial charge < -0.3 is 10.4 Å². The molecule has 0 fully saturated rings. The molecule has 0 spiro atoms.